The molecule has 0 spiro atoms. The van der Waals surface area contributed by atoms with Gasteiger partial charge in [0.15, 0.2) is 5.78 Å². The first-order valence-corrected chi connectivity index (χ1v) is 7.42. The number of anilines is 1. The van der Waals surface area contributed by atoms with Gasteiger partial charge in [-0.2, -0.15) is 0 Å². The summed E-state index contributed by atoms with van der Waals surface area (Å²) < 4.78 is 0. The van der Waals surface area contributed by atoms with Gasteiger partial charge in [-0.1, -0.05) is 41.5 Å². The summed E-state index contributed by atoms with van der Waals surface area (Å²) >= 11 is 0. The van der Waals surface area contributed by atoms with Crippen LogP contribution < -0.4 is 5.32 Å². The standard InChI is InChI=1S/C19H21NO2/c1-13-4-7-16(8-5-13)20-19(22)11-10-18(21)17-9-6-14(2)12-15(17)3/h4-9,12H,10-11H2,1-3H3,(H,20,22). The Labute approximate surface area is 131 Å². The van der Waals surface area contributed by atoms with E-state index in [2.05, 4.69) is 5.32 Å². The second-order valence-corrected chi connectivity index (χ2v) is 5.66. The summed E-state index contributed by atoms with van der Waals surface area (Å²) in [4.78, 5) is 24.1. The van der Waals surface area contributed by atoms with Crippen molar-refractivity contribution >= 4 is 17.4 Å². The second kappa shape index (κ2) is 7.03. The van der Waals surface area contributed by atoms with Gasteiger partial charge in [-0.25, -0.2) is 0 Å². The number of ketones is 1. The zero-order valence-electron chi connectivity index (χ0n) is 13.3. The number of hydrogen-bond acceptors (Lipinski definition) is 2. The maximum atomic E-state index is 12.2. The average Bonchev–Trinajstić information content (AvgIpc) is 2.47. The number of carbonyl (C=O) groups excluding carboxylic acids is 2. The van der Waals surface area contributed by atoms with E-state index in [9.17, 15) is 9.59 Å². The van der Waals surface area contributed by atoms with Gasteiger partial charge in [-0.15, -0.1) is 0 Å². The summed E-state index contributed by atoms with van der Waals surface area (Å²) in [6, 6.07) is 13.3. The van der Waals surface area contributed by atoms with Crippen molar-refractivity contribution in [1.82, 2.24) is 0 Å². The summed E-state index contributed by atoms with van der Waals surface area (Å²) in [5.74, 6) is -0.126. The van der Waals surface area contributed by atoms with E-state index in [1.165, 1.54) is 0 Å². The van der Waals surface area contributed by atoms with Crippen molar-refractivity contribution in [2.45, 2.75) is 33.6 Å². The number of aryl methyl sites for hydroxylation is 3. The van der Waals surface area contributed by atoms with Crippen LogP contribution in [0.4, 0.5) is 5.69 Å². The topological polar surface area (TPSA) is 46.2 Å². The Hall–Kier alpha value is -2.42. The molecular weight excluding hydrogens is 274 g/mol. The largest absolute Gasteiger partial charge is 0.326 e. The van der Waals surface area contributed by atoms with E-state index >= 15 is 0 Å². The van der Waals surface area contributed by atoms with E-state index in [4.69, 9.17) is 0 Å². The van der Waals surface area contributed by atoms with E-state index in [1.54, 1.807) is 0 Å². The fourth-order valence-electron chi connectivity index (χ4n) is 2.35. The minimum Gasteiger partial charge on any atom is -0.326 e. The lowest BCUT2D eigenvalue weighted by Gasteiger charge is -2.07. The van der Waals surface area contributed by atoms with Crippen LogP contribution in [0.5, 0.6) is 0 Å². The van der Waals surface area contributed by atoms with Crippen LogP contribution in [0.25, 0.3) is 0 Å². The first-order chi connectivity index (χ1) is 10.5. The molecule has 0 fully saturated rings. The van der Waals surface area contributed by atoms with E-state index in [1.807, 2.05) is 63.2 Å². The molecule has 2 aromatic rings. The van der Waals surface area contributed by atoms with Crippen molar-refractivity contribution in [3.05, 3.63) is 64.7 Å². The highest BCUT2D eigenvalue weighted by atomic mass is 16.2. The SMILES string of the molecule is Cc1ccc(NC(=O)CCC(=O)c2ccc(C)cc2C)cc1. The highest BCUT2D eigenvalue weighted by molar-refractivity contribution is 6.00. The number of hydrogen-bond donors (Lipinski definition) is 1. The molecule has 0 bridgehead atoms. The highest BCUT2D eigenvalue weighted by Gasteiger charge is 2.11. The minimum absolute atomic E-state index is 0.0107. The van der Waals surface area contributed by atoms with Gasteiger partial charge in [-0.3, -0.25) is 9.59 Å². The van der Waals surface area contributed by atoms with E-state index in [-0.39, 0.29) is 24.5 Å². The van der Waals surface area contributed by atoms with Crippen molar-refractivity contribution < 1.29 is 9.59 Å². The Balaban J connectivity index is 1.90. The molecule has 0 aliphatic heterocycles. The Morgan fingerprint density at radius 2 is 1.50 bits per heavy atom. The van der Waals surface area contributed by atoms with Gasteiger partial charge < -0.3 is 5.32 Å². The minimum atomic E-state index is -0.137. The Bertz CT molecular complexity index is 687. The molecule has 3 nitrogen and oxygen atoms in total. The van der Waals surface area contributed by atoms with E-state index in [0.717, 1.165) is 22.4 Å². The maximum Gasteiger partial charge on any atom is 0.224 e. The zero-order valence-corrected chi connectivity index (χ0v) is 13.3. The molecule has 2 rings (SSSR count). The van der Waals surface area contributed by atoms with Crippen molar-refractivity contribution in [3.8, 4) is 0 Å². The molecule has 0 heterocycles. The Kier molecular flexibility index (Phi) is 5.10. The van der Waals surface area contributed by atoms with Crippen LogP contribution in [0, 0.1) is 20.8 Å². The molecule has 1 amide bonds. The quantitative estimate of drug-likeness (QED) is 0.840. The lowest BCUT2D eigenvalue weighted by atomic mass is 9.99. The Morgan fingerprint density at radius 1 is 0.864 bits per heavy atom. The van der Waals surface area contributed by atoms with Gasteiger partial charge in [0, 0.05) is 24.1 Å². The zero-order chi connectivity index (χ0) is 16.1. The van der Waals surface area contributed by atoms with Gasteiger partial charge in [-0.05, 0) is 38.5 Å². The monoisotopic (exact) mass is 295 g/mol. The molecule has 0 aliphatic carbocycles. The number of Topliss-reactive ketones (excluding diaryl/α,β-unsaturated/α-hetero) is 1. The predicted molar refractivity (Wildman–Crippen MR) is 89.3 cm³/mol. The molecule has 0 atom stereocenters. The first-order valence-electron chi connectivity index (χ1n) is 7.42. The van der Waals surface area contributed by atoms with Crippen LogP contribution in [0.1, 0.15) is 39.9 Å². The van der Waals surface area contributed by atoms with Crippen molar-refractivity contribution in [2.24, 2.45) is 0 Å². The molecule has 0 saturated carbocycles. The molecule has 0 aliphatic rings. The normalized spacial score (nSPS) is 10.3. The van der Waals surface area contributed by atoms with Gasteiger partial charge >= 0.3 is 0 Å². The summed E-state index contributed by atoms with van der Waals surface area (Å²) in [6.45, 7) is 5.91. The van der Waals surface area contributed by atoms with Crippen LogP contribution in [-0.4, -0.2) is 11.7 Å². The van der Waals surface area contributed by atoms with Gasteiger partial charge in [0.25, 0.3) is 0 Å². The number of carbonyl (C=O) groups is 2. The molecular formula is C19H21NO2. The summed E-state index contributed by atoms with van der Waals surface area (Å²) in [7, 11) is 0. The number of nitrogens with one attached hydrogen (secondary N) is 1. The van der Waals surface area contributed by atoms with Crippen molar-refractivity contribution in [1.29, 1.82) is 0 Å². The number of rotatable bonds is 5. The second-order valence-electron chi connectivity index (χ2n) is 5.66. The van der Waals surface area contributed by atoms with Gasteiger partial charge in [0.2, 0.25) is 5.91 Å². The van der Waals surface area contributed by atoms with Crippen molar-refractivity contribution in [3.63, 3.8) is 0 Å². The van der Waals surface area contributed by atoms with E-state index in [0.29, 0.717) is 5.56 Å². The molecule has 22 heavy (non-hydrogen) atoms. The molecule has 1 N–H and O–H groups in total. The average molecular weight is 295 g/mol. The highest BCUT2D eigenvalue weighted by Crippen LogP contribution is 2.14. The van der Waals surface area contributed by atoms with E-state index < -0.39 is 0 Å². The molecule has 3 heteroatoms. The van der Waals surface area contributed by atoms with Crippen LogP contribution in [0.2, 0.25) is 0 Å². The fourth-order valence-corrected chi connectivity index (χ4v) is 2.35. The summed E-state index contributed by atoms with van der Waals surface area (Å²) in [5, 5.41) is 2.81. The van der Waals surface area contributed by atoms with Crippen LogP contribution in [0.3, 0.4) is 0 Å². The third kappa shape index (κ3) is 4.29. The number of amides is 1. The lowest BCUT2D eigenvalue weighted by Crippen LogP contribution is -2.14. The molecule has 0 aromatic heterocycles. The summed E-state index contributed by atoms with van der Waals surface area (Å²) in [5.41, 5.74) is 4.70. The summed E-state index contributed by atoms with van der Waals surface area (Å²) in [6.07, 6.45) is 0.418. The lowest BCUT2D eigenvalue weighted by molar-refractivity contribution is -0.116. The van der Waals surface area contributed by atoms with Crippen LogP contribution in [0.15, 0.2) is 42.5 Å². The fraction of sp³-hybridized carbons (Fsp3) is 0.263. The van der Waals surface area contributed by atoms with Crippen LogP contribution in [-0.2, 0) is 4.79 Å². The predicted octanol–water partition coefficient (Wildman–Crippen LogP) is 4.21. The van der Waals surface area contributed by atoms with Gasteiger partial charge in [0.05, 0.1) is 0 Å². The Morgan fingerprint density at radius 3 is 2.14 bits per heavy atom. The smallest absolute Gasteiger partial charge is 0.224 e. The van der Waals surface area contributed by atoms with Crippen molar-refractivity contribution in [2.75, 3.05) is 5.32 Å². The third-order valence-electron chi connectivity index (χ3n) is 3.60. The third-order valence-corrected chi connectivity index (χ3v) is 3.60. The molecule has 2 aromatic carbocycles. The number of benzene rings is 2. The first kappa shape index (κ1) is 16.0. The molecule has 0 saturated heterocycles. The molecule has 114 valence electrons. The molecule has 0 radical (unpaired) electrons. The van der Waals surface area contributed by atoms with Gasteiger partial charge in [0.1, 0.15) is 0 Å². The van der Waals surface area contributed by atoms with Crippen LogP contribution >= 0.6 is 0 Å². The maximum absolute atomic E-state index is 12.2. The molecule has 0 unspecified atom stereocenters.